The summed E-state index contributed by atoms with van der Waals surface area (Å²) >= 11 is 0. The van der Waals surface area contributed by atoms with Crippen molar-refractivity contribution in [3.63, 3.8) is 0 Å². The molecule has 1 aromatic rings. The summed E-state index contributed by atoms with van der Waals surface area (Å²) in [4.78, 5) is 22.4. The average Bonchev–Trinajstić information content (AvgIpc) is 3.14. The van der Waals surface area contributed by atoms with Gasteiger partial charge in [0.25, 0.3) is 0 Å². The topological polar surface area (TPSA) is 90.2 Å². The predicted octanol–water partition coefficient (Wildman–Crippen LogP) is 1.66. The third kappa shape index (κ3) is 2.55. The van der Waals surface area contributed by atoms with E-state index in [0.717, 1.165) is 6.07 Å². The van der Waals surface area contributed by atoms with Gasteiger partial charge in [-0.3, -0.25) is 9.59 Å². The van der Waals surface area contributed by atoms with Crippen molar-refractivity contribution in [2.75, 3.05) is 5.32 Å². The van der Waals surface area contributed by atoms with E-state index in [0.29, 0.717) is 6.42 Å². The lowest BCUT2D eigenvalue weighted by atomic mass is 10.1. The fourth-order valence-electron chi connectivity index (χ4n) is 1.86. The third-order valence-corrected chi connectivity index (χ3v) is 3.18. The number of amides is 1. The standard InChI is InChI=1S/C13H11FN2O3/c1-6-10(14)2-7(5-15)3-11(6)16-12(17)8-4-9(8)13(18)19/h2-3,8-9H,4H2,1H3,(H,16,17)(H,18,19). The van der Waals surface area contributed by atoms with Gasteiger partial charge in [-0.1, -0.05) is 0 Å². The fraction of sp³-hybridized carbons (Fsp3) is 0.308. The second-order valence-corrected chi connectivity index (χ2v) is 4.52. The molecule has 0 aromatic heterocycles. The number of anilines is 1. The summed E-state index contributed by atoms with van der Waals surface area (Å²) in [7, 11) is 0. The van der Waals surface area contributed by atoms with E-state index >= 15 is 0 Å². The molecule has 0 radical (unpaired) electrons. The van der Waals surface area contributed by atoms with Gasteiger partial charge >= 0.3 is 5.97 Å². The van der Waals surface area contributed by atoms with Crippen LogP contribution in [0.25, 0.3) is 0 Å². The van der Waals surface area contributed by atoms with Gasteiger partial charge in [-0.15, -0.1) is 0 Å². The van der Waals surface area contributed by atoms with Crippen LogP contribution < -0.4 is 5.32 Å². The van der Waals surface area contributed by atoms with E-state index in [9.17, 15) is 14.0 Å². The number of nitrogens with one attached hydrogen (secondary N) is 1. The maximum Gasteiger partial charge on any atom is 0.307 e. The van der Waals surface area contributed by atoms with Crippen molar-refractivity contribution in [2.24, 2.45) is 11.8 Å². The Morgan fingerprint density at radius 2 is 2.16 bits per heavy atom. The first-order valence-corrected chi connectivity index (χ1v) is 5.68. The van der Waals surface area contributed by atoms with Crippen molar-refractivity contribution in [2.45, 2.75) is 13.3 Å². The number of benzene rings is 1. The molecule has 0 bridgehead atoms. The van der Waals surface area contributed by atoms with E-state index in [1.54, 1.807) is 6.07 Å². The number of nitriles is 1. The minimum absolute atomic E-state index is 0.101. The summed E-state index contributed by atoms with van der Waals surface area (Å²) in [5, 5.41) is 20.0. The number of carbonyl (C=O) groups is 2. The molecule has 0 saturated heterocycles. The van der Waals surface area contributed by atoms with Crippen LogP contribution in [-0.2, 0) is 9.59 Å². The Kier molecular flexibility index (Phi) is 3.21. The molecular weight excluding hydrogens is 251 g/mol. The van der Waals surface area contributed by atoms with Crippen molar-refractivity contribution in [3.05, 3.63) is 29.1 Å². The van der Waals surface area contributed by atoms with E-state index < -0.39 is 29.5 Å². The Morgan fingerprint density at radius 3 is 2.68 bits per heavy atom. The first-order chi connectivity index (χ1) is 8.93. The molecule has 2 rings (SSSR count). The summed E-state index contributed by atoms with van der Waals surface area (Å²) < 4.78 is 13.5. The summed E-state index contributed by atoms with van der Waals surface area (Å²) in [6.45, 7) is 1.48. The fourth-order valence-corrected chi connectivity index (χ4v) is 1.86. The van der Waals surface area contributed by atoms with Gasteiger partial charge < -0.3 is 10.4 Å². The number of hydrogen-bond acceptors (Lipinski definition) is 3. The molecule has 1 fully saturated rings. The van der Waals surface area contributed by atoms with E-state index in [2.05, 4.69) is 5.32 Å². The number of hydrogen-bond donors (Lipinski definition) is 2. The highest BCUT2D eigenvalue weighted by Crippen LogP contribution is 2.39. The zero-order valence-electron chi connectivity index (χ0n) is 10.1. The van der Waals surface area contributed by atoms with Crippen LogP contribution in [0.15, 0.2) is 12.1 Å². The summed E-state index contributed by atoms with van der Waals surface area (Å²) in [6.07, 6.45) is 0.292. The SMILES string of the molecule is Cc1c(F)cc(C#N)cc1NC(=O)C1CC1C(=O)O. The van der Waals surface area contributed by atoms with Gasteiger partial charge in [-0.05, 0) is 25.5 Å². The van der Waals surface area contributed by atoms with Crippen molar-refractivity contribution < 1.29 is 19.1 Å². The van der Waals surface area contributed by atoms with Gasteiger partial charge in [0.2, 0.25) is 5.91 Å². The summed E-state index contributed by atoms with van der Waals surface area (Å²) in [5.41, 5.74) is 0.529. The zero-order valence-corrected chi connectivity index (χ0v) is 10.1. The first-order valence-electron chi connectivity index (χ1n) is 5.68. The average molecular weight is 262 g/mol. The second-order valence-electron chi connectivity index (χ2n) is 4.52. The number of carboxylic acid groups (broad SMARTS) is 1. The van der Waals surface area contributed by atoms with Gasteiger partial charge in [0.15, 0.2) is 0 Å². The molecule has 1 aliphatic rings. The molecule has 1 aliphatic carbocycles. The molecule has 6 heteroatoms. The Hall–Kier alpha value is -2.42. The highest BCUT2D eigenvalue weighted by molar-refractivity contribution is 5.98. The molecular formula is C13H11FN2O3. The largest absolute Gasteiger partial charge is 0.481 e. The van der Waals surface area contributed by atoms with E-state index in [1.807, 2.05) is 0 Å². The van der Waals surface area contributed by atoms with Crippen LogP contribution in [-0.4, -0.2) is 17.0 Å². The van der Waals surface area contributed by atoms with Crippen LogP contribution in [0, 0.1) is 35.9 Å². The van der Waals surface area contributed by atoms with Crippen LogP contribution in [0.4, 0.5) is 10.1 Å². The lowest BCUT2D eigenvalue weighted by Gasteiger charge is -2.09. The van der Waals surface area contributed by atoms with Gasteiger partial charge in [0.05, 0.1) is 23.5 Å². The molecule has 0 heterocycles. The Labute approximate surface area is 108 Å². The van der Waals surface area contributed by atoms with E-state index in [4.69, 9.17) is 10.4 Å². The highest BCUT2D eigenvalue weighted by Gasteiger charge is 2.48. The minimum atomic E-state index is -1.01. The van der Waals surface area contributed by atoms with Crippen molar-refractivity contribution in [1.82, 2.24) is 0 Å². The molecule has 5 nitrogen and oxygen atoms in total. The molecule has 1 amide bonds. The third-order valence-electron chi connectivity index (χ3n) is 3.18. The Balaban J connectivity index is 2.16. The van der Waals surface area contributed by atoms with Crippen molar-refractivity contribution in [1.29, 1.82) is 5.26 Å². The zero-order chi connectivity index (χ0) is 14.2. The summed E-state index contributed by atoms with van der Waals surface area (Å²) in [6, 6.07) is 4.25. The lowest BCUT2D eigenvalue weighted by molar-refractivity contribution is -0.139. The van der Waals surface area contributed by atoms with Gasteiger partial charge in [0.1, 0.15) is 5.82 Å². The molecule has 0 aliphatic heterocycles. The van der Waals surface area contributed by atoms with E-state index in [-0.39, 0.29) is 16.8 Å². The minimum Gasteiger partial charge on any atom is -0.481 e. The number of nitrogens with zero attached hydrogens (tertiary/aromatic N) is 1. The number of halogens is 1. The molecule has 1 saturated carbocycles. The Morgan fingerprint density at radius 1 is 1.47 bits per heavy atom. The van der Waals surface area contributed by atoms with Gasteiger partial charge in [-0.25, -0.2) is 4.39 Å². The summed E-state index contributed by atoms with van der Waals surface area (Å²) in [5.74, 6) is -3.28. The number of rotatable bonds is 3. The quantitative estimate of drug-likeness (QED) is 0.866. The molecule has 1 aromatic carbocycles. The van der Waals surface area contributed by atoms with Crippen LogP contribution in [0.3, 0.4) is 0 Å². The van der Waals surface area contributed by atoms with Crippen LogP contribution in [0.5, 0.6) is 0 Å². The van der Waals surface area contributed by atoms with Crippen LogP contribution >= 0.6 is 0 Å². The molecule has 98 valence electrons. The molecule has 2 unspecified atom stereocenters. The maximum absolute atomic E-state index is 13.5. The van der Waals surface area contributed by atoms with Crippen molar-refractivity contribution in [3.8, 4) is 6.07 Å². The molecule has 2 N–H and O–H groups in total. The van der Waals surface area contributed by atoms with Crippen molar-refractivity contribution >= 4 is 17.6 Å². The molecule has 19 heavy (non-hydrogen) atoms. The monoisotopic (exact) mass is 262 g/mol. The second kappa shape index (κ2) is 4.69. The number of aliphatic carboxylic acids is 1. The van der Waals surface area contributed by atoms with Crippen LogP contribution in [0.2, 0.25) is 0 Å². The smallest absolute Gasteiger partial charge is 0.307 e. The first kappa shape index (κ1) is 13.0. The number of carboxylic acids is 1. The highest BCUT2D eigenvalue weighted by atomic mass is 19.1. The normalized spacial score (nSPS) is 20.5. The predicted molar refractivity (Wildman–Crippen MR) is 63.7 cm³/mol. The van der Waals surface area contributed by atoms with Gasteiger partial charge in [0, 0.05) is 11.3 Å². The number of carbonyl (C=O) groups excluding carboxylic acids is 1. The van der Waals surface area contributed by atoms with Gasteiger partial charge in [-0.2, -0.15) is 5.26 Å². The molecule has 0 spiro atoms. The molecule has 2 atom stereocenters. The maximum atomic E-state index is 13.5. The lowest BCUT2D eigenvalue weighted by Crippen LogP contribution is -2.17. The Bertz CT molecular complexity index is 607. The van der Waals surface area contributed by atoms with E-state index in [1.165, 1.54) is 13.0 Å². The van der Waals surface area contributed by atoms with Crippen LogP contribution in [0.1, 0.15) is 17.5 Å².